The molecule has 1 aliphatic heterocycles. The van der Waals surface area contributed by atoms with Gasteiger partial charge in [0.1, 0.15) is 0 Å². The first-order valence-corrected chi connectivity index (χ1v) is 9.45. The molecule has 6 heteroatoms. The third-order valence-corrected chi connectivity index (χ3v) is 7.23. The van der Waals surface area contributed by atoms with Crippen LogP contribution in [0.3, 0.4) is 0 Å². The normalized spacial score (nSPS) is 36.5. The lowest BCUT2D eigenvalue weighted by atomic mass is 9.43. The maximum Gasteiger partial charge on any atom is 0.477 e. The average Bonchev–Trinajstić information content (AvgIpc) is 2.92. The summed E-state index contributed by atoms with van der Waals surface area (Å²) < 4.78 is 12.6. The fourth-order valence-corrected chi connectivity index (χ4v) is 5.49. The van der Waals surface area contributed by atoms with Crippen molar-refractivity contribution in [3.05, 3.63) is 35.4 Å². The molecule has 4 aliphatic rings. The van der Waals surface area contributed by atoms with Crippen LogP contribution in [0.4, 0.5) is 0 Å². The van der Waals surface area contributed by atoms with E-state index in [2.05, 4.69) is 20.8 Å². The predicted octanol–water partition coefficient (Wildman–Crippen LogP) is 3.80. The zero-order valence-electron chi connectivity index (χ0n) is 14.9. The molecule has 2 bridgehead atoms. The minimum absolute atomic E-state index is 0.112. The van der Waals surface area contributed by atoms with E-state index in [-0.39, 0.29) is 22.5 Å². The highest BCUT2D eigenvalue weighted by Crippen LogP contribution is 2.65. The lowest BCUT2D eigenvalue weighted by molar-refractivity contribution is -0.199. The van der Waals surface area contributed by atoms with Crippen LogP contribution < -0.4 is 0 Å². The van der Waals surface area contributed by atoms with Crippen LogP contribution in [0.2, 0.25) is 0 Å². The zero-order valence-corrected chi connectivity index (χ0v) is 15.6. The van der Waals surface area contributed by atoms with Gasteiger partial charge >= 0.3 is 13.1 Å². The highest BCUT2D eigenvalue weighted by molar-refractivity contribution is 6.60. The average molecular weight is 363 g/mol. The van der Waals surface area contributed by atoms with E-state index < -0.39 is 13.1 Å². The molecule has 5 atom stereocenters. The van der Waals surface area contributed by atoms with Gasteiger partial charge in [-0.2, -0.15) is 0 Å². The summed E-state index contributed by atoms with van der Waals surface area (Å²) in [5.41, 5.74) is 1.20. The molecule has 4 fully saturated rings. The van der Waals surface area contributed by atoms with Gasteiger partial charge in [0.15, 0.2) is 0 Å². The molecule has 0 spiro atoms. The molecule has 0 aromatic heterocycles. The van der Waals surface area contributed by atoms with Crippen LogP contribution in [-0.2, 0) is 15.7 Å². The minimum Gasteiger partial charge on any atom is -0.478 e. The van der Waals surface area contributed by atoms with Crippen molar-refractivity contribution in [1.29, 1.82) is 0 Å². The van der Waals surface area contributed by atoms with E-state index in [0.717, 1.165) is 12.0 Å². The van der Waals surface area contributed by atoms with E-state index in [1.165, 1.54) is 6.42 Å². The van der Waals surface area contributed by atoms with Crippen molar-refractivity contribution in [3.63, 3.8) is 0 Å². The molecule has 4 nitrogen and oxygen atoms in total. The van der Waals surface area contributed by atoms with Gasteiger partial charge in [-0.3, -0.25) is 0 Å². The Hall–Kier alpha value is -1.04. The lowest BCUT2D eigenvalue weighted by Gasteiger charge is -2.64. The number of alkyl halides is 1. The second kappa shape index (κ2) is 5.73. The molecule has 5 rings (SSSR count). The van der Waals surface area contributed by atoms with E-state index in [1.54, 1.807) is 18.2 Å². The third-order valence-electron chi connectivity index (χ3n) is 6.87. The van der Waals surface area contributed by atoms with Crippen molar-refractivity contribution < 1.29 is 19.2 Å². The van der Waals surface area contributed by atoms with Crippen LogP contribution >= 0.6 is 11.6 Å². The molecule has 3 aliphatic carbocycles. The van der Waals surface area contributed by atoms with Crippen LogP contribution in [0.15, 0.2) is 24.3 Å². The van der Waals surface area contributed by atoms with E-state index in [1.807, 2.05) is 6.07 Å². The number of halogens is 1. The van der Waals surface area contributed by atoms with Gasteiger partial charge in [-0.05, 0) is 61.1 Å². The van der Waals surface area contributed by atoms with Crippen LogP contribution in [0.25, 0.3) is 0 Å². The Kier molecular flexibility index (Phi) is 3.99. The largest absolute Gasteiger partial charge is 0.478 e. The number of benzene rings is 1. The molecule has 0 radical (unpaired) electrons. The number of rotatable bonds is 4. The summed E-state index contributed by atoms with van der Waals surface area (Å²) in [4.78, 5) is 11.1. The highest BCUT2D eigenvalue weighted by Gasteiger charge is 2.68. The van der Waals surface area contributed by atoms with Gasteiger partial charge in [-0.1, -0.05) is 26.0 Å². The van der Waals surface area contributed by atoms with Crippen molar-refractivity contribution >= 4 is 24.7 Å². The summed E-state index contributed by atoms with van der Waals surface area (Å²) in [6, 6.07) is 6.90. The SMILES string of the molecule is CC1(C)[C@@H]2C[C@H]3OB([C@H](Cl)Cc4cccc(C(=O)O)c4)O[C@@]3(C)[C@H]1C2. The fraction of sp³-hybridized carbons (Fsp3) is 0.632. The molecule has 0 amide bonds. The number of aromatic carboxylic acids is 1. The van der Waals surface area contributed by atoms with Gasteiger partial charge < -0.3 is 14.4 Å². The molecule has 1 saturated heterocycles. The Morgan fingerprint density at radius 1 is 1.40 bits per heavy atom. The zero-order chi connectivity index (χ0) is 18.0. The van der Waals surface area contributed by atoms with Gasteiger partial charge in [-0.25, -0.2) is 4.79 Å². The third kappa shape index (κ3) is 2.63. The Morgan fingerprint density at radius 2 is 2.16 bits per heavy atom. The van der Waals surface area contributed by atoms with Crippen molar-refractivity contribution in [1.82, 2.24) is 0 Å². The summed E-state index contributed by atoms with van der Waals surface area (Å²) in [6.45, 7) is 6.84. The Labute approximate surface area is 154 Å². The summed E-state index contributed by atoms with van der Waals surface area (Å²) in [5, 5.41) is 8.79. The molecular formula is C19H24BClO4. The van der Waals surface area contributed by atoms with Gasteiger partial charge in [0.25, 0.3) is 0 Å². The van der Waals surface area contributed by atoms with Crippen LogP contribution in [0.1, 0.15) is 49.5 Å². The molecule has 1 aromatic carbocycles. The van der Waals surface area contributed by atoms with Gasteiger partial charge in [0, 0.05) is 0 Å². The quantitative estimate of drug-likeness (QED) is 0.654. The topological polar surface area (TPSA) is 55.8 Å². The van der Waals surface area contributed by atoms with Crippen molar-refractivity contribution in [2.24, 2.45) is 17.3 Å². The minimum atomic E-state index is -0.929. The first-order valence-electron chi connectivity index (χ1n) is 9.01. The summed E-state index contributed by atoms with van der Waals surface area (Å²) >= 11 is 6.62. The Balaban J connectivity index is 1.47. The molecule has 134 valence electrons. The molecular weight excluding hydrogens is 338 g/mol. The monoisotopic (exact) mass is 362 g/mol. The summed E-state index contributed by atoms with van der Waals surface area (Å²) in [7, 11) is -0.444. The van der Waals surface area contributed by atoms with Crippen LogP contribution in [0.5, 0.6) is 0 Å². The number of hydrogen-bond donors (Lipinski definition) is 1. The van der Waals surface area contributed by atoms with Gasteiger partial charge in [0.05, 0.1) is 22.5 Å². The number of carboxylic acids is 1. The summed E-state index contributed by atoms with van der Waals surface area (Å²) in [5.74, 6) is 0.286. The molecule has 1 N–H and O–H groups in total. The Bertz CT molecular complexity index is 708. The van der Waals surface area contributed by atoms with E-state index in [0.29, 0.717) is 23.7 Å². The van der Waals surface area contributed by atoms with Gasteiger partial charge in [0.2, 0.25) is 0 Å². The number of hydrogen-bond acceptors (Lipinski definition) is 3. The highest BCUT2D eigenvalue weighted by atomic mass is 35.5. The number of carbonyl (C=O) groups is 1. The second-order valence-electron chi connectivity index (χ2n) is 8.56. The van der Waals surface area contributed by atoms with E-state index in [4.69, 9.17) is 26.0 Å². The molecule has 1 aromatic rings. The maximum atomic E-state index is 11.1. The Morgan fingerprint density at radius 3 is 2.84 bits per heavy atom. The molecule has 3 saturated carbocycles. The van der Waals surface area contributed by atoms with E-state index in [9.17, 15) is 4.79 Å². The van der Waals surface area contributed by atoms with Crippen molar-refractivity contribution in [2.45, 2.75) is 57.0 Å². The first kappa shape index (κ1) is 17.4. The van der Waals surface area contributed by atoms with Crippen molar-refractivity contribution in [3.8, 4) is 0 Å². The van der Waals surface area contributed by atoms with Gasteiger partial charge in [-0.15, -0.1) is 11.6 Å². The lowest BCUT2D eigenvalue weighted by Crippen LogP contribution is -2.65. The smallest absolute Gasteiger partial charge is 0.477 e. The van der Waals surface area contributed by atoms with E-state index >= 15 is 0 Å². The second-order valence-corrected chi connectivity index (χ2v) is 9.12. The molecule has 0 unspecified atom stereocenters. The van der Waals surface area contributed by atoms with Crippen molar-refractivity contribution in [2.75, 3.05) is 0 Å². The molecule has 25 heavy (non-hydrogen) atoms. The number of carboxylic acid groups (broad SMARTS) is 1. The standard InChI is InChI=1S/C19H24BClO4/c1-18(2)13-9-14(18)19(3)15(10-13)24-20(25-19)16(21)8-11-5-4-6-12(7-11)17(22)23/h4-7,13-16H,8-10H2,1-3H3,(H,22,23)/t13-,14-,15+,16+,19-/m0/s1. The fourth-order valence-electron chi connectivity index (χ4n) is 5.21. The van der Waals surface area contributed by atoms with Crippen LogP contribution in [-0.4, -0.2) is 35.2 Å². The first-order chi connectivity index (χ1) is 11.7. The predicted molar refractivity (Wildman–Crippen MR) is 96.9 cm³/mol. The molecule has 1 heterocycles. The maximum absolute atomic E-state index is 11.1. The summed E-state index contributed by atoms with van der Waals surface area (Å²) in [6.07, 6.45) is 2.88. The van der Waals surface area contributed by atoms with Crippen LogP contribution in [0, 0.1) is 17.3 Å².